The minimum absolute atomic E-state index is 0.394. The van der Waals surface area contributed by atoms with Gasteiger partial charge >= 0.3 is 0 Å². The second-order valence-corrected chi connectivity index (χ2v) is 4.86. The molecule has 17 heavy (non-hydrogen) atoms. The summed E-state index contributed by atoms with van der Waals surface area (Å²) in [6.07, 6.45) is 10.3. The van der Waals surface area contributed by atoms with E-state index in [-0.39, 0.29) is 0 Å². The van der Waals surface area contributed by atoms with Crippen LogP contribution >= 0.6 is 0 Å². The predicted molar refractivity (Wildman–Crippen MR) is 68.0 cm³/mol. The van der Waals surface area contributed by atoms with E-state index in [0.29, 0.717) is 12.1 Å². The number of hydrogen-bond acceptors (Lipinski definition) is 3. The highest BCUT2D eigenvalue weighted by atomic mass is 16.5. The highest BCUT2D eigenvalue weighted by Gasteiger charge is 2.22. The van der Waals surface area contributed by atoms with Crippen molar-refractivity contribution in [2.75, 3.05) is 13.7 Å². The summed E-state index contributed by atoms with van der Waals surface area (Å²) < 4.78 is 7.70. The van der Waals surface area contributed by atoms with Crippen molar-refractivity contribution < 1.29 is 4.74 Å². The smallest absolute Gasteiger partial charge is 0.0728 e. The molecule has 96 valence electrons. The minimum atomic E-state index is 0.394. The summed E-state index contributed by atoms with van der Waals surface area (Å²) in [7, 11) is 4.00. The van der Waals surface area contributed by atoms with Crippen molar-refractivity contribution in [2.45, 2.75) is 44.2 Å². The molecular weight excluding hydrogens is 214 g/mol. The van der Waals surface area contributed by atoms with Gasteiger partial charge in [0.15, 0.2) is 0 Å². The Bertz CT molecular complexity index is 331. The fraction of sp³-hybridized carbons (Fsp3) is 0.769. The Labute approximate surface area is 103 Å². The number of aryl methyl sites for hydroxylation is 2. The second kappa shape index (κ2) is 6.17. The molecule has 0 aromatic carbocycles. The zero-order valence-electron chi connectivity index (χ0n) is 10.9. The van der Waals surface area contributed by atoms with Gasteiger partial charge in [0.1, 0.15) is 0 Å². The standard InChI is InChI=1S/C13H23N3O/c1-14-12(13-5-3-4-8-17-13)7-6-11-9-15-16(2)10-11/h9-10,12-14H,3-8H2,1-2H3. The predicted octanol–water partition coefficient (Wildman–Crippen LogP) is 1.51. The lowest BCUT2D eigenvalue weighted by molar-refractivity contribution is -0.00760. The van der Waals surface area contributed by atoms with E-state index in [0.717, 1.165) is 19.4 Å². The lowest BCUT2D eigenvalue weighted by Crippen LogP contribution is -2.41. The zero-order chi connectivity index (χ0) is 12.1. The Morgan fingerprint density at radius 3 is 3.06 bits per heavy atom. The van der Waals surface area contributed by atoms with Gasteiger partial charge in [-0.3, -0.25) is 4.68 Å². The second-order valence-electron chi connectivity index (χ2n) is 4.86. The largest absolute Gasteiger partial charge is 0.377 e. The summed E-state index contributed by atoms with van der Waals surface area (Å²) in [5, 5.41) is 7.59. The van der Waals surface area contributed by atoms with Gasteiger partial charge in [0, 0.05) is 25.9 Å². The molecule has 0 bridgehead atoms. The minimum Gasteiger partial charge on any atom is -0.377 e. The first-order valence-corrected chi connectivity index (χ1v) is 6.56. The molecule has 1 fully saturated rings. The van der Waals surface area contributed by atoms with Gasteiger partial charge in [0.05, 0.1) is 12.3 Å². The molecule has 2 rings (SSSR count). The SMILES string of the molecule is CNC(CCc1cnn(C)c1)C1CCCCO1. The number of nitrogens with one attached hydrogen (secondary N) is 1. The van der Waals surface area contributed by atoms with Crippen LogP contribution in [0.1, 0.15) is 31.2 Å². The van der Waals surface area contributed by atoms with Gasteiger partial charge in [-0.25, -0.2) is 0 Å². The van der Waals surface area contributed by atoms with Gasteiger partial charge in [0.25, 0.3) is 0 Å². The number of nitrogens with zero attached hydrogens (tertiary/aromatic N) is 2. The van der Waals surface area contributed by atoms with E-state index < -0.39 is 0 Å². The third-order valence-electron chi connectivity index (χ3n) is 3.54. The van der Waals surface area contributed by atoms with Crippen LogP contribution in [-0.4, -0.2) is 35.6 Å². The molecule has 1 aromatic rings. The number of aromatic nitrogens is 2. The van der Waals surface area contributed by atoms with Crippen molar-refractivity contribution in [1.29, 1.82) is 0 Å². The molecule has 4 nitrogen and oxygen atoms in total. The highest BCUT2D eigenvalue weighted by molar-refractivity contribution is 5.04. The Balaban J connectivity index is 1.82. The Morgan fingerprint density at radius 1 is 1.59 bits per heavy atom. The van der Waals surface area contributed by atoms with E-state index in [1.54, 1.807) is 0 Å². The van der Waals surface area contributed by atoms with Crippen LogP contribution in [0.2, 0.25) is 0 Å². The molecule has 2 unspecified atom stereocenters. The van der Waals surface area contributed by atoms with Crippen molar-refractivity contribution in [3.8, 4) is 0 Å². The average Bonchev–Trinajstić information content (AvgIpc) is 2.77. The first-order valence-electron chi connectivity index (χ1n) is 6.56. The topological polar surface area (TPSA) is 39.1 Å². The number of ether oxygens (including phenoxy) is 1. The van der Waals surface area contributed by atoms with Crippen molar-refractivity contribution in [1.82, 2.24) is 15.1 Å². The van der Waals surface area contributed by atoms with E-state index in [2.05, 4.69) is 16.6 Å². The van der Waals surface area contributed by atoms with E-state index in [4.69, 9.17) is 4.74 Å². The Kier molecular flexibility index (Phi) is 4.57. The zero-order valence-corrected chi connectivity index (χ0v) is 10.9. The van der Waals surface area contributed by atoms with Gasteiger partial charge < -0.3 is 10.1 Å². The molecular formula is C13H23N3O. The molecule has 1 N–H and O–H groups in total. The van der Waals surface area contributed by atoms with Crippen molar-refractivity contribution in [3.63, 3.8) is 0 Å². The van der Waals surface area contributed by atoms with Gasteiger partial charge in [-0.15, -0.1) is 0 Å². The van der Waals surface area contributed by atoms with E-state index in [9.17, 15) is 0 Å². The van der Waals surface area contributed by atoms with Gasteiger partial charge in [-0.2, -0.15) is 5.10 Å². The quantitative estimate of drug-likeness (QED) is 0.843. The van der Waals surface area contributed by atoms with Crippen molar-refractivity contribution in [3.05, 3.63) is 18.0 Å². The third kappa shape index (κ3) is 3.54. The molecule has 4 heteroatoms. The van der Waals surface area contributed by atoms with Gasteiger partial charge in [0.2, 0.25) is 0 Å². The molecule has 1 aliphatic heterocycles. The fourth-order valence-electron chi connectivity index (χ4n) is 2.52. The van der Waals surface area contributed by atoms with Crippen LogP contribution in [0.4, 0.5) is 0 Å². The molecule has 1 aromatic heterocycles. The maximum Gasteiger partial charge on any atom is 0.0728 e. The number of hydrogen-bond donors (Lipinski definition) is 1. The molecule has 0 saturated carbocycles. The van der Waals surface area contributed by atoms with Crippen LogP contribution in [0.5, 0.6) is 0 Å². The first kappa shape index (κ1) is 12.6. The number of rotatable bonds is 5. The fourth-order valence-corrected chi connectivity index (χ4v) is 2.52. The Morgan fingerprint density at radius 2 is 2.47 bits per heavy atom. The molecule has 0 amide bonds. The molecule has 1 saturated heterocycles. The summed E-state index contributed by atoms with van der Waals surface area (Å²) >= 11 is 0. The third-order valence-corrected chi connectivity index (χ3v) is 3.54. The maximum absolute atomic E-state index is 5.84. The van der Waals surface area contributed by atoms with Crippen LogP contribution in [0.3, 0.4) is 0 Å². The summed E-state index contributed by atoms with van der Waals surface area (Å²) in [6.45, 7) is 0.926. The summed E-state index contributed by atoms with van der Waals surface area (Å²) in [5.74, 6) is 0. The van der Waals surface area contributed by atoms with Crippen molar-refractivity contribution in [2.24, 2.45) is 7.05 Å². The molecule has 2 heterocycles. The molecule has 1 aliphatic rings. The maximum atomic E-state index is 5.84. The summed E-state index contributed by atoms with van der Waals surface area (Å²) in [5.41, 5.74) is 1.31. The molecule has 2 atom stereocenters. The number of likely N-dealkylation sites (N-methyl/N-ethyl adjacent to an activating group) is 1. The average molecular weight is 237 g/mol. The van der Waals surface area contributed by atoms with E-state index >= 15 is 0 Å². The summed E-state index contributed by atoms with van der Waals surface area (Å²) in [6, 6.07) is 0.468. The van der Waals surface area contributed by atoms with Crippen LogP contribution in [0.25, 0.3) is 0 Å². The van der Waals surface area contributed by atoms with Gasteiger partial charge in [-0.05, 0) is 44.7 Å². The molecule has 0 aliphatic carbocycles. The lowest BCUT2D eigenvalue weighted by Gasteiger charge is -2.30. The first-order chi connectivity index (χ1) is 8.29. The van der Waals surface area contributed by atoms with Crippen LogP contribution in [0, 0.1) is 0 Å². The van der Waals surface area contributed by atoms with E-state index in [1.165, 1.54) is 24.8 Å². The monoisotopic (exact) mass is 237 g/mol. The normalized spacial score (nSPS) is 22.6. The molecule has 0 spiro atoms. The van der Waals surface area contributed by atoms with Crippen LogP contribution in [-0.2, 0) is 18.2 Å². The van der Waals surface area contributed by atoms with Crippen LogP contribution < -0.4 is 5.32 Å². The van der Waals surface area contributed by atoms with Crippen molar-refractivity contribution >= 4 is 0 Å². The highest BCUT2D eigenvalue weighted by Crippen LogP contribution is 2.18. The lowest BCUT2D eigenvalue weighted by atomic mass is 9.97. The Hall–Kier alpha value is -0.870. The van der Waals surface area contributed by atoms with E-state index in [1.807, 2.05) is 25.0 Å². The molecule has 0 radical (unpaired) electrons. The van der Waals surface area contributed by atoms with Crippen LogP contribution in [0.15, 0.2) is 12.4 Å². The van der Waals surface area contributed by atoms with Gasteiger partial charge in [-0.1, -0.05) is 0 Å². The summed E-state index contributed by atoms with van der Waals surface area (Å²) in [4.78, 5) is 0.